The van der Waals surface area contributed by atoms with Crippen LogP contribution in [0.2, 0.25) is 0 Å². The van der Waals surface area contributed by atoms with Crippen LogP contribution in [0.25, 0.3) is 0 Å². The Kier molecular flexibility index (Phi) is 3.92. The van der Waals surface area contributed by atoms with Gasteiger partial charge in [0.15, 0.2) is 5.82 Å². The Morgan fingerprint density at radius 1 is 1.24 bits per heavy atom. The van der Waals surface area contributed by atoms with Crippen LogP contribution < -0.4 is 0 Å². The van der Waals surface area contributed by atoms with Crippen molar-refractivity contribution in [3.8, 4) is 0 Å². The highest BCUT2D eigenvalue weighted by Gasteiger charge is 2.34. The Morgan fingerprint density at radius 2 is 1.90 bits per heavy atom. The predicted molar refractivity (Wildman–Crippen MR) is 68.8 cm³/mol. The second kappa shape index (κ2) is 5.57. The molecule has 0 unspecified atom stereocenters. The van der Waals surface area contributed by atoms with Crippen LogP contribution >= 0.6 is 0 Å². The number of piperazine rings is 1. The number of nitrogens with zero attached hydrogens (tertiary/aromatic N) is 4. The van der Waals surface area contributed by atoms with E-state index in [1.54, 1.807) is 0 Å². The average Bonchev–Trinajstić information content (AvgIpc) is 3.15. The molecule has 0 N–H and O–H groups in total. The van der Waals surface area contributed by atoms with Crippen molar-refractivity contribution in [2.24, 2.45) is 0 Å². The molecule has 0 amide bonds. The van der Waals surface area contributed by atoms with E-state index < -0.39 is 12.7 Å². The van der Waals surface area contributed by atoms with Gasteiger partial charge in [-0.3, -0.25) is 9.80 Å². The van der Waals surface area contributed by atoms with E-state index in [1.165, 1.54) is 4.90 Å². The van der Waals surface area contributed by atoms with Crippen molar-refractivity contribution in [1.82, 2.24) is 19.9 Å². The van der Waals surface area contributed by atoms with Crippen LogP contribution in [-0.4, -0.2) is 58.8 Å². The molecule has 0 bridgehead atoms. The highest BCUT2D eigenvalue weighted by molar-refractivity contribution is 5.04. The third kappa shape index (κ3) is 3.74. The van der Waals surface area contributed by atoms with E-state index in [9.17, 15) is 13.2 Å². The normalized spacial score (nSPS) is 23.4. The minimum Gasteiger partial charge on any atom is -0.338 e. The number of alkyl halides is 3. The van der Waals surface area contributed by atoms with Gasteiger partial charge < -0.3 is 4.52 Å². The van der Waals surface area contributed by atoms with Crippen LogP contribution in [0.1, 0.15) is 43.4 Å². The summed E-state index contributed by atoms with van der Waals surface area (Å²) in [6.45, 7) is 3.11. The fourth-order valence-corrected chi connectivity index (χ4v) is 2.64. The van der Waals surface area contributed by atoms with E-state index in [2.05, 4.69) is 15.0 Å². The molecule has 1 saturated heterocycles. The van der Waals surface area contributed by atoms with Crippen LogP contribution in [-0.2, 0) is 0 Å². The van der Waals surface area contributed by atoms with Crippen molar-refractivity contribution in [3.63, 3.8) is 0 Å². The first-order valence-electron chi connectivity index (χ1n) is 7.29. The Balaban J connectivity index is 1.53. The van der Waals surface area contributed by atoms with Crippen LogP contribution in [0.4, 0.5) is 13.2 Å². The lowest BCUT2D eigenvalue weighted by Gasteiger charge is -2.36. The standard InChI is InChI=1S/C13H19F3N4O/c1-9(12-17-11(18-21-12)10-2-3-10)20-6-4-19(5-7-20)8-13(14,15)16/h9-10H,2-8H2,1H3/t9-/m1/s1. The van der Waals surface area contributed by atoms with Crippen molar-refractivity contribution in [2.45, 2.75) is 37.9 Å². The molecule has 1 aliphatic carbocycles. The van der Waals surface area contributed by atoms with E-state index in [0.29, 0.717) is 38.0 Å². The lowest BCUT2D eigenvalue weighted by Crippen LogP contribution is -2.49. The number of hydrogen-bond donors (Lipinski definition) is 0. The zero-order valence-electron chi connectivity index (χ0n) is 11.9. The van der Waals surface area contributed by atoms with E-state index in [-0.39, 0.29) is 6.04 Å². The molecule has 2 fully saturated rings. The van der Waals surface area contributed by atoms with Gasteiger partial charge in [-0.15, -0.1) is 0 Å². The molecule has 1 aromatic rings. The van der Waals surface area contributed by atoms with E-state index in [4.69, 9.17) is 4.52 Å². The fourth-order valence-electron chi connectivity index (χ4n) is 2.64. The Morgan fingerprint density at radius 3 is 2.48 bits per heavy atom. The summed E-state index contributed by atoms with van der Waals surface area (Å²) in [6.07, 6.45) is -1.90. The molecule has 118 valence electrons. The number of aromatic nitrogens is 2. The van der Waals surface area contributed by atoms with E-state index in [0.717, 1.165) is 18.7 Å². The van der Waals surface area contributed by atoms with Gasteiger partial charge >= 0.3 is 6.18 Å². The smallest absolute Gasteiger partial charge is 0.338 e. The minimum absolute atomic E-state index is 0.0435. The van der Waals surface area contributed by atoms with Gasteiger partial charge in [-0.2, -0.15) is 18.2 Å². The number of hydrogen-bond acceptors (Lipinski definition) is 5. The highest BCUT2D eigenvalue weighted by Crippen LogP contribution is 2.38. The third-order valence-electron chi connectivity index (χ3n) is 4.11. The molecule has 1 saturated carbocycles. The molecule has 8 heteroatoms. The molecule has 2 aliphatic rings. The molecule has 5 nitrogen and oxygen atoms in total. The molecule has 21 heavy (non-hydrogen) atoms. The largest absolute Gasteiger partial charge is 0.401 e. The first kappa shape index (κ1) is 14.8. The molecule has 2 heterocycles. The lowest BCUT2D eigenvalue weighted by atomic mass is 10.2. The second-order valence-corrected chi connectivity index (χ2v) is 5.87. The molecule has 3 rings (SSSR count). The quantitative estimate of drug-likeness (QED) is 0.853. The summed E-state index contributed by atoms with van der Waals surface area (Å²) in [7, 11) is 0. The van der Waals surface area contributed by atoms with Gasteiger partial charge in [0, 0.05) is 32.1 Å². The SMILES string of the molecule is C[C@H](c1nc(C2CC2)no1)N1CCN(CC(F)(F)F)CC1. The Hall–Kier alpha value is -1.15. The zero-order chi connectivity index (χ0) is 15.0. The molecule has 1 aliphatic heterocycles. The summed E-state index contributed by atoms with van der Waals surface area (Å²) in [6, 6.07) is -0.0435. The number of halogens is 3. The predicted octanol–water partition coefficient (Wildman–Crippen LogP) is 2.19. The fraction of sp³-hybridized carbons (Fsp3) is 0.846. The first-order chi connectivity index (χ1) is 9.92. The average molecular weight is 304 g/mol. The van der Waals surface area contributed by atoms with Gasteiger partial charge in [-0.05, 0) is 19.8 Å². The molecule has 1 aromatic heterocycles. The van der Waals surface area contributed by atoms with Gasteiger partial charge in [-0.1, -0.05) is 5.16 Å². The summed E-state index contributed by atoms with van der Waals surface area (Å²) >= 11 is 0. The molecular formula is C13H19F3N4O. The van der Waals surface area contributed by atoms with Gasteiger partial charge in [0.05, 0.1) is 12.6 Å². The summed E-state index contributed by atoms with van der Waals surface area (Å²) in [5, 5.41) is 3.99. The summed E-state index contributed by atoms with van der Waals surface area (Å²) in [4.78, 5) is 7.94. The van der Waals surface area contributed by atoms with Crippen LogP contribution in [0.3, 0.4) is 0 Å². The van der Waals surface area contributed by atoms with Gasteiger partial charge in [-0.25, -0.2) is 0 Å². The van der Waals surface area contributed by atoms with Crippen LogP contribution in [0, 0.1) is 0 Å². The Bertz CT molecular complexity index is 478. The van der Waals surface area contributed by atoms with Crippen LogP contribution in [0.5, 0.6) is 0 Å². The zero-order valence-corrected chi connectivity index (χ0v) is 11.9. The van der Waals surface area contributed by atoms with Crippen molar-refractivity contribution >= 4 is 0 Å². The topological polar surface area (TPSA) is 45.4 Å². The van der Waals surface area contributed by atoms with E-state index >= 15 is 0 Å². The van der Waals surface area contributed by atoms with Gasteiger partial charge in [0.1, 0.15) is 0 Å². The maximum atomic E-state index is 12.4. The summed E-state index contributed by atoms with van der Waals surface area (Å²) in [5.74, 6) is 1.78. The summed E-state index contributed by atoms with van der Waals surface area (Å²) in [5.41, 5.74) is 0. The molecule has 1 atom stereocenters. The molecular weight excluding hydrogens is 285 g/mol. The first-order valence-corrected chi connectivity index (χ1v) is 7.29. The minimum atomic E-state index is -4.13. The van der Waals surface area contributed by atoms with Crippen molar-refractivity contribution in [1.29, 1.82) is 0 Å². The van der Waals surface area contributed by atoms with Crippen molar-refractivity contribution in [3.05, 3.63) is 11.7 Å². The maximum absolute atomic E-state index is 12.4. The van der Waals surface area contributed by atoms with Gasteiger partial charge in [0.25, 0.3) is 0 Å². The Labute approximate surface area is 121 Å². The van der Waals surface area contributed by atoms with E-state index in [1.807, 2.05) is 6.92 Å². The van der Waals surface area contributed by atoms with Crippen molar-refractivity contribution in [2.75, 3.05) is 32.7 Å². The number of rotatable bonds is 4. The van der Waals surface area contributed by atoms with Gasteiger partial charge in [0.2, 0.25) is 5.89 Å². The molecule has 0 radical (unpaired) electrons. The van der Waals surface area contributed by atoms with Crippen molar-refractivity contribution < 1.29 is 17.7 Å². The lowest BCUT2D eigenvalue weighted by molar-refractivity contribution is -0.149. The molecule has 0 spiro atoms. The monoisotopic (exact) mass is 304 g/mol. The second-order valence-electron chi connectivity index (χ2n) is 5.87. The highest BCUT2D eigenvalue weighted by atomic mass is 19.4. The maximum Gasteiger partial charge on any atom is 0.401 e. The summed E-state index contributed by atoms with van der Waals surface area (Å²) < 4.78 is 42.4. The van der Waals surface area contributed by atoms with Crippen LogP contribution in [0.15, 0.2) is 4.52 Å². The third-order valence-corrected chi connectivity index (χ3v) is 4.11. The molecule has 0 aromatic carbocycles.